The van der Waals surface area contributed by atoms with Crippen LogP contribution >= 0.6 is 0 Å². The number of hydrogen-bond acceptors (Lipinski definition) is 2. The van der Waals surface area contributed by atoms with Crippen LogP contribution in [-0.2, 0) is 4.79 Å². The van der Waals surface area contributed by atoms with Gasteiger partial charge in [0.05, 0.1) is 0 Å². The highest BCUT2D eigenvalue weighted by Crippen LogP contribution is 2.16. The van der Waals surface area contributed by atoms with Crippen molar-refractivity contribution in [3.8, 4) is 0 Å². The van der Waals surface area contributed by atoms with Crippen molar-refractivity contribution < 1.29 is 14.7 Å². The molecule has 110 valence electrons. The van der Waals surface area contributed by atoms with Crippen molar-refractivity contribution in [1.82, 2.24) is 5.32 Å². The number of aryl methyl sites for hydroxylation is 2. The third-order valence-corrected chi connectivity index (χ3v) is 3.41. The molecule has 2 amide bonds. The summed E-state index contributed by atoms with van der Waals surface area (Å²) in [6.07, 6.45) is 0.681. The molecule has 5 heteroatoms. The van der Waals surface area contributed by atoms with Crippen LogP contribution in [0.15, 0.2) is 18.2 Å². The highest BCUT2D eigenvalue weighted by Gasteiger charge is 2.25. The predicted molar refractivity (Wildman–Crippen MR) is 78.9 cm³/mol. The molecule has 1 aromatic carbocycles. The van der Waals surface area contributed by atoms with Crippen LogP contribution in [0.5, 0.6) is 0 Å². The first kappa shape index (κ1) is 16.0. The monoisotopic (exact) mass is 278 g/mol. The first-order valence-electron chi connectivity index (χ1n) is 6.72. The average Bonchev–Trinajstić information content (AvgIpc) is 2.39. The predicted octanol–water partition coefficient (Wildman–Crippen LogP) is 2.92. The molecular weight excluding hydrogens is 256 g/mol. The fourth-order valence-electron chi connectivity index (χ4n) is 1.85. The van der Waals surface area contributed by atoms with Crippen LogP contribution in [0.4, 0.5) is 10.5 Å². The number of hydrogen-bond donors (Lipinski definition) is 3. The summed E-state index contributed by atoms with van der Waals surface area (Å²) in [6, 6.07) is 4.34. The average molecular weight is 278 g/mol. The van der Waals surface area contributed by atoms with Gasteiger partial charge in [0.25, 0.3) is 0 Å². The van der Waals surface area contributed by atoms with E-state index in [0.29, 0.717) is 12.1 Å². The van der Waals surface area contributed by atoms with Gasteiger partial charge in [-0.1, -0.05) is 32.4 Å². The summed E-state index contributed by atoms with van der Waals surface area (Å²) in [7, 11) is 0. The van der Waals surface area contributed by atoms with Gasteiger partial charge in [0.1, 0.15) is 6.04 Å². The Morgan fingerprint density at radius 3 is 2.50 bits per heavy atom. The molecule has 0 fully saturated rings. The summed E-state index contributed by atoms with van der Waals surface area (Å²) in [4.78, 5) is 23.1. The first-order chi connectivity index (χ1) is 9.35. The van der Waals surface area contributed by atoms with Gasteiger partial charge in [-0.2, -0.15) is 0 Å². The summed E-state index contributed by atoms with van der Waals surface area (Å²) in [5.41, 5.74) is 2.65. The lowest BCUT2D eigenvalue weighted by atomic mass is 9.99. The smallest absolute Gasteiger partial charge is 0.326 e. The number of rotatable bonds is 5. The Morgan fingerprint density at radius 2 is 1.95 bits per heavy atom. The van der Waals surface area contributed by atoms with Crippen molar-refractivity contribution in [2.75, 3.05) is 5.32 Å². The number of carboxylic acid groups (broad SMARTS) is 1. The third kappa shape index (κ3) is 4.26. The zero-order valence-electron chi connectivity index (χ0n) is 12.4. The van der Waals surface area contributed by atoms with Crippen molar-refractivity contribution >= 4 is 17.7 Å². The largest absolute Gasteiger partial charge is 0.480 e. The molecule has 1 unspecified atom stereocenters. The van der Waals surface area contributed by atoms with Gasteiger partial charge in [-0.25, -0.2) is 9.59 Å². The first-order valence-corrected chi connectivity index (χ1v) is 6.72. The highest BCUT2D eigenvalue weighted by molar-refractivity contribution is 5.93. The summed E-state index contributed by atoms with van der Waals surface area (Å²) in [5.74, 6) is -1.15. The molecule has 0 heterocycles. The second-order valence-corrected chi connectivity index (χ2v) is 5.12. The minimum Gasteiger partial charge on any atom is -0.480 e. The standard InChI is InChI=1S/C15H22N2O3/c1-5-10(3)13(14(18)19)17-15(20)16-12-8-9(2)6-7-11(12)4/h6-8,10,13H,5H2,1-4H3,(H,18,19)(H2,16,17,20)/t10?,13-/m0/s1. The Morgan fingerprint density at radius 1 is 1.30 bits per heavy atom. The van der Waals surface area contributed by atoms with Gasteiger partial charge in [0, 0.05) is 5.69 Å². The number of urea groups is 1. The molecule has 0 spiro atoms. The number of benzene rings is 1. The van der Waals surface area contributed by atoms with E-state index in [1.807, 2.05) is 39.0 Å². The number of carbonyl (C=O) groups is 2. The van der Waals surface area contributed by atoms with Crippen LogP contribution in [0.3, 0.4) is 0 Å². The molecular formula is C15H22N2O3. The maximum atomic E-state index is 11.9. The van der Waals surface area contributed by atoms with Gasteiger partial charge in [0.2, 0.25) is 0 Å². The lowest BCUT2D eigenvalue weighted by molar-refractivity contribution is -0.140. The van der Waals surface area contributed by atoms with Crippen LogP contribution in [0.25, 0.3) is 0 Å². The van der Waals surface area contributed by atoms with Crippen molar-refractivity contribution in [3.63, 3.8) is 0 Å². The van der Waals surface area contributed by atoms with Gasteiger partial charge in [-0.05, 0) is 37.0 Å². The van der Waals surface area contributed by atoms with Gasteiger partial charge < -0.3 is 15.7 Å². The van der Waals surface area contributed by atoms with Crippen LogP contribution in [0, 0.1) is 19.8 Å². The van der Waals surface area contributed by atoms with Gasteiger partial charge >= 0.3 is 12.0 Å². The molecule has 1 rings (SSSR count). The summed E-state index contributed by atoms with van der Waals surface area (Å²) >= 11 is 0. The zero-order valence-corrected chi connectivity index (χ0v) is 12.4. The molecule has 0 aromatic heterocycles. The molecule has 0 saturated carbocycles. The maximum absolute atomic E-state index is 11.9. The van der Waals surface area contributed by atoms with Gasteiger partial charge in [-0.15, -0.1) is 0 Å². The normalized spacial score (nSPS) is 13.4. The number of amides is 2. The molecule has 0 aliphatic heterocycles. The van der Waals surface area contributed by atoms with Crippen LogP contribution < -0.4 is 10.6 Å². The summed E-state index contributed by atoms with van der Waals surface area (Å²) in [5, 5.41) is 14.4. The van der Waals surface area contributed by atoms with E-state index < -0.39 is 18.0 Å². The van der Waals surface area contributed by atoms with E-state index in [4.69, 9.17) is 5.11 Å². The van der Waals surface area contributed by atoms with Gasteiger partial charge in [0.15, 0.2) is 0 Å². The van der Waals surface area contributed by atoms with Gasteiger partial charge in [-0.3, -0.25) is 0 Å². The van der Waals surface area contributed by atoms with Crippen LogP contribution in [-0.4, -0.2) is 23.1 Å². The van der Waals surface area contributed by atoms with Crippen molar-refractivity contribution in [3.05, 3.63) is 29.3 Å². The molecule has 3 N–H and O–H groups in total. The quantitative estimate of drug-likeness (QED) is 0.775. The second kappa shape index (κ2) is 6.93. The van der Waals surface area contributed by atoms with E-state index in [9.17, 15) is 9.59 Å². The van der Waals surface area contributed by atoms with Crippen molar-refractivity contribution in [2.24, 2.45) is 5.92 Å². The second-order valence-electron chi connectivity index (χ2n) is 5.12. The molecule has 0 bridgehead atoms. The molecule has 0 aliphatic rings. The Labute approximate surface area is 119 Å². The SMILES string of the molecule is CCC(C)[C@H](NC(=O)Nc1cc(C)ccc1C)C(=O)O. The maximum Gasteiger partial charge on any atom is 0.326 e. The van der Waals surface area contributed by atoms with E-state index in [0.717, 1.165) is 11.1 Å². The Hall–Kier alpha value is -2.04. The van der Waals surface area contributed by atoms with E-state index in [1.165, 1.54) is 0 Å². The lowest BCUT2D eigenvalue weighted by Crippen LogP contribution is -2.46. The molecule has 5 nitrogen and oxygen atoms in total. The molecule has 0 aliphatic carbocycles. The minimum atomic E-state index is -1.02. The van der Waals surface area contributed by atoms with E-state index in [2.05, 4.69) is 10.6 Å². The summed E-state index contributed by atoms with van der Waals surface area (Å²) < 4.78 is 0. The van der Waals surface area contributed by atoms with E-state index in [1.54, 1.807) is 6.92 Å². The van der Waals surface area contributed by atoms with Crippen LogP contribution in [0.1, 0.15) is 31.4 Å². The third-order valence-electron chi connectivity index (χ3n) is 3.41. The fourth-order valence-corrected chi connectivity index (χ4v) is 1.85. The molecule has 2 atom stereocenters. The van der Waals surface area contributed by atoms with Crippen LogP contribution in [0.2, 0.25) is 0 Å². The molecule has 1 aromatic rings. The molecule has 0 saturated heterocycles. The number of nitrogens with one attached hydrogen (secondary N) is 2. The van der Waals surface area contributed by atoms with E-state index >= 15 is 0 Å². The highest BCUT2D eigenvalue weighted by atomic mass is 16.4. The molecule has 0 radical (unpaired) electrons. The summed E-state index contributed by atoms with van der Waals surface area (Å²) in [6.45, 7) is 7.52. The Kier molecular flexibility index (Phi) is 5.55. The topological polar surface area (TPSA) is 78.4 Å². The number of carbonyl (C=O) groups excluding carboxylic acids is 1. The fraction of sp³-hybridized carbons (Fsp3) is 0.467. The van der Waals surface area contributed by atoms with Crippen molar-refractivity contribution in [1.29, 1.82) is 0 Å². The van der Waals surface area contributed by atoms with Crippen molar-refractivity contribution in [2.45, 2.75) is 40.2 Å². The Balaban J connectivity index is 2.75. The number of aliphatic carboxylic acids is 1. The molecule has 20 heavy (non-hydrogen) atoms. The zero-order chi connectivity index (χ0) is 15.3. The number of anilines is 1. The Bertz CT molecular complexity index is 500. The lowest BCUT2D eigenvalue weighted by Gasteiger charge is -2.20. The number of carboxylic acids is 1. The van der Waals surface area contributed by atoms with E-state index in [-0.39, 0.29) is 5.92 Å². The minimum absolute atomic E-state index is 0.128.